The lowest BCUT2D eigenvalue weighted by Crippen LogP contribution is -2.41. The molecule has 0 radical (unpaired) electrons. The summed E-state index contributed by atoms with van der Waals surface area (Å²) in [5.74, 6) is -1.62. The maximum atomic E-state index is 11.3. The molecule has 126 valence electrons. The summed E-state index contributed by atoms with van der Waals surface area (Å²) < 4.78 is 12.0. The van der Waals surface area contributed by atoms with Gasteiger partial charge in [-0.15, -0.1) is 0 Å². The van der Waals surface area contributed by atoms with Crippen molar-refractivity contribution in [2.75, 3.05) is 0 Å². The van der Waals surface area contributed by atoms with Crippen LogP contribution in [0.2, 0.25) is 15.1 Å². The zero-order chi connectivity index (χ0) is 17.6. The lowest BCUT2D eigenvalue weighted by atomic mass is 9.66. The quantitative estimate of drug-likeness (QED) is 0.601. The smallest absolute Gasteiger partial charge is 0.466 e. The largest absolute Gasteiger partial charge is 0.481 e. The van der Waals surface area contributed by atoms with Gasteiger partial charge in [-0.05, 0) is 45.4 Å². The van der Waals surface area contributed by atoms with Crippen molar-refractivity contribution in [3.8, 4) is 0 Å². The fourth-order valence-corrected chi connectivity index (χ4v) is 3.20. The van der Waals surface area contributed by atoms with Crippen LogP contribution in [0.1, 0.15) is 45.5 Å². The van der Waals surface area contributed by atoms with Crippen molar-refractivity contribution in [3.63, 3.8) is 0 Å². The highest BCUT2D eigenvalue weighted by atomic mass is 35.5. The topological polar surface area (TPSA) is 55.8 Å². The second-order valence-corrected chi connectivity index (χ2v) is 7.84. The molecule has 1 heterocycles. The Morgan fingerprint density at radius 3 is 2.17 bits per heavy atom. The number of rotatable bonds is 4. The van der Waals surface area contributed by atoms with Gasteiger partial charge in [-0.25, -0.2) is 0 Å². The first-order valence-corrected chi connectivity index (χ1v) is 8.30. The maximum absolute atomic E-state index is 11.3. The zero-order valence-electron chi connectivity index (χ0n) is 13.3. The molecule has 1 aromatic rings. The first kappa shape index (κ1) is 18.9. The minimum atomic E-state index is -0.989. The number of carboxylic acids is 1. The SMILES string of the molecule is CC1(C)OB(C(CC(=O)O)c2cc(Cl)cc(Cl)c2Cl)OC1(C)C. The van der Waals surface area contributed by atoms with Crippen LogP contribution in [-0.2, 0) is 14.1 Å². The Morgan fingerprint density at radius 1 is 1.17 bits per heavy atom. The lowest BCUT2D eigenvalue weighted by molar-refractivity contribution is -0.137. The Bertz CT molecular complexity index is 617. The Hall–Kier alpha value is -0.455. The van der Waals surface area contributed by atoms with Crippen LogP contribution in [0, 0.1) is 0 Å². The van der Waals surface area contributed by atoms with Gasteiger partial charge in [-0.3, -0.25) is 4.79 Å². The Labute approximate surface area is 151 Å². The molecule has 8 heteroatoms. The molecule has 0 aromatic heterocycles. The molecule has 23 heavy (non-hydrogen) atoms. The van der Waals surface area contributed by atoms with E-state index in [4.69, 9.17) is 44.1 Å². The van der Waals surface area contributed by atoms with Crippen molar-refractivity contribution >= 4 is 47.9 Å². The van der Waals surface area contributed by atoms with Gasteiger partial charge in [0, 0.05) is 10.8 Å². The number of benzene rings is 1. The van der Waals surface area contributed by atoms with Gasteiger partial charge in [0.05, 0.1) is 27.7 Å². The van der Waals surface area contributed by atoms with Crippen LogP contribution in [0.5, 0.6) is 0 Å². The van der Waals surface area contributed by atoms with Crippen LogP contribution < -0.4 is 0 Å². The highest BCUT2D eigenvalue weighted by molar-refractivity contribution is 6.50. The molecule has 0 bridgehead atoms. The summed E-state index contributed by atoms with van der Waals surface area (Å²) in [4.78, 5) is 11.3. The van der Waals surface area contributed by atoms with E-state index in [0.29, 0.717) is 10.6 Å². The Morgan fingerprint density at radius 2 is 1.70 bits per heavy atom. The van der Waals surface area contributed by atoms with Crippen LogP contribution in [0.25, 0.3) is 0 Å². The number of aliphatic carboxylic acids is 1. The molecule has 1 fully saturated rings. The minimum absolute atomic E-state index is 0.215. The Kier molecular flexibility index (Phi) is 5.30. The van der Waals surface area contributed by atoms with E-state index in [1.807, 2.05) is 27.7 Å². The number of carbonyl (C=O) groups is 1. The average Bonchev–Trinajstić information content (AvgIpc) is 2.60. The minimum Gasteiger partial charge on any atom is -0.481 e. The van der Waals surface area contributed by atoms with Gasteiger partial charge in [-0.2, -0.15) is 0 Å². The van der Waals surface area contributed by atoms with Gasteiger partial charge >= 0.3 is 13.1 Å². The molecule has 1 aliphatic rings. The number of halogens is 3. The van der Waals surface area contributed by atoms with E-state index in [1.54, 1.807) is 6.07 Å². The predicted octanol–water partition coefficient (Wildman–Crippen LogP) is 4.84. The molecule has 0 aliphatic carbocycles. The zero-order valence-corrected chi connectivity index (χ0v) is 15.6. The second-order valence-electron chi connectivity index (χ2n) is 6.62. The summed E-state index contributed by atoms with van der Waals surface area (Å²) in [6, 6.07) is 3.12. The van der Waals surface area contributed by atoms with Crippen LogP contribution in [0.4, 0.5) is 0 Å². The molecule has 1 unspecified atom stereocenters. The summed E-state index contributed by atoms with van der Waals surface area (Å²) in [6.45, 7) is 7.60. The molecule has 0 amide bonds. The van der Waals surface area contributed by atoms with E-state index >= 15 is 0 Å². The lowest BCUT2D eigenvalue weighted by Gasteiger charge is -2.32. The molecule has 1 aromatic carbocycles. The monoisotopic (exact) mass is 378 g/mol. The first-order valence-electron chi connectivity index (χ1n) is 7.16. The van der Waals surface area contributed by atoms with Crippen LogP contribution in [-0.4, -0.2) is 29.4 Å². The predicted molar refractivity (Wildman–Crippen MR) is 92.5 cm³/mol. The molecule has 2 rings (SSSR count). The molecule has 0 spiro atoms. The second kappa shape index (κ2) is 6.45. The van der Waals surface area contributed by atoms with Gasteiger partial charge in [0.15, 0.2) is 0 Å². The first-order chi connectivity index (χ1) is 10.4. The molecule has 1 N–H and O–H groups in total. The van der Waals surface area contributed by atoms with Crippen molar-refractivity contribution in [1.29, 1.82) is 0 Å². The molecule has 4 nitrogen and oxygen atoms in total. The van der Waals surface area contributed by atoms with Crippen molar-refractivity contribution in [1.82, 2.24) is 0 Å². The van der Waals surface area contributed by atoms with E-state index in [1.165, 1.54) is 6.07 Å². The summed E-state index contributed by atoms with van der Waals surface area (Å²) in [5.41, 5.74) is -0.655. The van der Waals surface area contributed by atoms with Crippen molar-refractivity contribution < 1.29 is 19.2 Å². The third kappa shape index (κ3) is 3.80. The fraction of sp³-hybridized carbons (Fsp3) is 0.533. The standard InChI is InChI=1S/C15H18BCl3O4/c1-14(2)15(3,4)23-16(22-14)10(7-12(20)21)9-5-8(17)6-11(18)13(9)19/h5-6,10H,7H2,1-4H3,(H,20,21). The van der Waals surface area contributed by atoms with Gasteiger partial charge in [0.1, 0.15) is 0 Å². The van der Waals surface area contributed by atoms with E-state index in [0.717, 1.165) is 0 Å². The van der Waals surface area contributed by atoms with Crippen molar-refractivity contribution in [2.24, 2.45) is 0 Å². The molecule has 0 saturated carbocycles. The summed E-state index contributed by atoms with van der Waals surface area (Å²) >= 11 is 18.4. The molecule has 1 aliphatic heterocycles. The van der Waals surface area contributed by atoms with Crippen LogP contribution >= 0.6 is 34.8 Å². The molecule has 1 saturated heterocycles. The molecular formula is C15H18BCl3O4. The van der Waals surface area contributed by atoms with Gasteiger partial charge < -0.3 is 14.4 Å². The Balaban J connectivity index is 2.46. The van der Waals surface area contributed by atoms with E-state index < -0.39 is 30.1 Å². The normalized spacial score (nSPS) is 20.6. The van der Waals surface area contributed by atoms with Crippen molar-refractivity contribution in [2.45, 2.75) is 51.1 Å². The highest BCUT2D eigenvalue weighted by Gasteiger charge is 2.54. The number of hydrogen-bond acceptors (Lipinski definition) is 3. The number of carboxylic acid groups (broad SMARTS) is 1. The van der Waals surface area contributed by atoms with E-state index in [9.17, 15) is 9.90 Å². The average molecular weight is 379 g/mol. The summed E-state index contributed by atoms with van der Waals surface area (Å²) in [5, 5.41) is 10.2. The maximum Gasteiger partial charge on any atom is 0.466 e. The molecule has 1 atom stereocenters. The van der Waals surface area contributed by atoms with Crippen molar-refractivity contribution in [3.05, 3.63) is 32.8 Å². The fourth-order valence-electron chi connectivity index (χ4n) is 2.44. The summed E-state index contributed by atoms with van der Waals surface area (Å²) in [7, 11) is -0.761. The third-order valence-electron chi connectivity index (χ3n) is 4.42. The van der Waals surface area contributed by atoms with Gasteiger partial charge in [0.25, 0.3) is 0 Å². The van der Waals surface area contributed by atoms with Gasteiger partial charge in [-0.1, -0.05) is 34.8 Å². The highest BCUT2D eigenvalue weighted by Crippen LogP contribution is 2.44. The van der Waals surface area contributed by atoms with E-state index in [-0.39, 0.29) is 16.5 Å². The van der Waals surface area contributed by atoms with E-state index in [2.05, 4.69) is 0 Å². The molecular weight excluding hydrogens is 361 g/mol. The summed E-state index contributed by atoms with van der Waals surface area (Å²) in [6.07, 6.45) is -0.215. The van der Waals surface area contributed by atoms with Gasteiger partial charge in [0.2, 0.25) is 0 Å². The van der Waals surface area contributed by atoms with Crippen LogP contribution in [0.3, 0.4) is 0 Å². The third-order valence-corrected chi connectivity index (χ3v) is 5.45. The van der Waals surface area contributed by atoms with Crippen LogP contribution in [0.15, 0.2) is 12.1 Å². The number of hydrogen-bond donors (Lipinski definition) is 1.